The van der Waals surface area contributed by atoms with Crippen LogP contribution in [0, 0.1) is 17.7 Å². The molecule has 0 saturated carbocycles. The van der Waals surface area contributed by atoms with Crippen LogP contribution in [-0.4, -0.2) is 69.0 Å². The first-order valence-electron chi connectivity index (χ1n) is 17.6. The summed E-state index contributed by atoms with van der Waals surface area (Å²) in [6.07, 6.45) is 5.62. The van der Waals surface area contributed by atoms with Gasteiger partial charge in [0.2, 0.25) is 11.8 Å². The minimum absolute atomic E-state index is 0.181. The molecular formula is C42H32FN7O5. The Bertz CT molecular complexity index is 2660. The van der Waals surface area contributed by atoms with Crippen molar-refractivity contribution < 1.29 is 28.4 Å². The molecule has 272 valence electrons. The molecule has 8 rings (SSSR count). The zero-order valence-corrected chi connectivity index (χ0v) is 29.5. The van der Waals surface area contributed by atoms with Crippen molar-refractivity contribution in [2.45, 2.75) is 31.8 Å². The van der Waals surface area contributed by atoms with Crippen molar-refractivity contribution in [2.75, 3.05) is 13.6 Å². The zero-order chi connectivity index (χ0) is 38.2. The van der Waals surface area contributed by atoms with Crippen molar-refractivity contribution in [1.82, 2.24) is 35.8 Å². The van der Waals surface area contributed by atoms with Gasteiger partial charge < -0.3 is 20.5 Å². The number of benzene rings is 3. The van der Waals surface area contributed by atoms with Crippen LogP contribution in [0.15, 0.2) is 85.3 Å². The highest BCUT2D eigenvalue weighted by Gasteiger charge is 2.39. The van der Waals surface area contributed by atoms with E-state index in [1.807, 2.05) is 30.3 Å². The monoisotopic (exact) mass is 733 g/mol. The van der Waals surface area contributed by atoms with Gasteiger partial charge >= 0.3 is 0 Å². The number of hydrogen-bond acceptors (Lipinski definition) is 7. The van der Waals surface area contributed by atoms with E-state index in [1.165, 1.54) is 11.0 Å². The molecule has 1 saturated heterocycles. The topological polar surface area (TPSA) is 166 Å². The Hall–Kier alpha value is -7.20. The van der Waals surface area contributed by atoms with Crippen molar-refractivity contribution in [2.24, 2.45) is 0 Å². The van der Waals surface area contributed by atoms with E-state index in [0.717, 1.165) is 16.3 Å². The molecule has 6 aromatic rings. The summed E-state index contributed by atoms with van der Waals surface area (Å²) < 4.78 is 15.4. The number of aromatic amines is 1. The van der Waals surface area contributed by atoms with E-state index in [-0.39, 0.29) is 55.3 Å². The summed E-state index contributed by atoms with van der Waals surface area (Å²) in [6, 6.07) is 18.4. The number of amides is 5. The van der Waals surface area contributed by atoms with Gasteiger partial charge in [0.05, 0.1) is 11.3 Å². The van der Waals surface area contributed by atoms with Crippen LogP contribution >= 0.6 is 0 Å². The van der Waals surface area contributed by atoms with Crippen LogP contribution in [0.5, 0.6) is 0 Å². The number of carbonyl (C=O) groups is 5. The Balaban J connectivity index is 0.914. The third-order valence-corrected chi connectivity index (χ3v) is 9.93. The van der Waals surface area contributed by atoms with Crippen molar-refractivity contribution in [1.29, 1.82) is 0 Å². The number of aromatic nitrogens is 3. The maximum absolute atomic E-state index is 15.4. The van der Waals surface area contributed by atoms with Gasteiger partial charge in [-0.15, -0.1) is 0 Å². The molecule has 3 aromatic heterocycles. The van der Waals surface area contributed by atoms with Gasteiger partial charge in [-0.3, -0.25) is 39.3 Å². The predicted molar refractivity (Wildman–Crippen MR) is 202 cm³/mol. The molecule has 4 N–H and O–H groups in total. The number of H-pyrrole nitrogens is 1. The van der Waals surface area contributed by atoms with Gasteiger partial charge in [0, 0.05) is 90.1 Å². The van der Waals surface area contributed by atoms with E-state index in [2.05, 4.69) is 42.7 Å². The highest BCUT2D eigenvalue weighted by Crippen LogP contribution is 2.35. The summed E-state index contributed by atoms with van der Waals surface area (Å²) in [4.78, 5) is 75.7. The minimum atomic E-state index is -0.703. The van der Waals surface area contributed by atoms with Crippen LogP contribution in [0.1, 0.15) is 61.6 Å². The lowest BCUT2D eigenvalue weighted by Crippen LogP contribution is -2.52. The molecule has 1 fully saturated rings. The van der Waals surface area contributed by atoms with Crippen molar-refractivity contribution >= 4 is 51.2 Å². The minimum Gasteiger partial charge on any atom is -0.360 e. The molecule has 1 atom stereocenters. The van der Waals surface area contributed by atoms with E-state index in [4.69, 9.17) is 0 Å². The summed E-state index contributed by atoms with van der Waals surface area (Å²) in [5.74, 6) is 4.01. The van der Waals surface area contributed by atoms with Crippen LogP contribution in [-0.2, 0) is 16.1 Å². The van der Waals surface area contributed by atoms with Crippen molar-refractivity contribution in [3.8, 4) is 34.2 Å². The maximum atomic E-state index is 15.4. The van der Waals surface area contributed by atoms with Gasteiger partial charge in [-0.1, -0.05) is 36.1 Å². The molecule has 3 aromatic carbocycles. The highest BCUT2D eigenvalue weighted by atomic mass is 19.1. The molecule has 1 unspecified atom stereocenters. The van der Waals surface area contributed by atoms with Gasteiger partial charge in [0.15, 0.2) is 0 Å². The number of fused-ring (bicyclic) bond motifs is 3. The van der Waals surface area contributed by atoms with Gasteiger partial charge in [-0.2, -0.15) is 0 Å². The second-order valence-electron chi connectivity index (χ2n) is 13.2. The van der Waals surface area contributed by atoms with E-state index >= 15 is 4.39 Å². The quantitative estimate of drug-likeness (QED) is 0.103. The molecule has 0 aliphatic carbocycles. The SMILES string of the molecule is CNC(=O)c1c[nH]c2cc(F)c(-c3cccc4cc(-c5ccc(C(=O)NCCC#Cc6cccc7c6CN(C6CCC(=O)NC6=O)C7=O)nc5)ncc34)cc12. The number of nitrogens with zero attached hydrogens (tertiary/aromatic N) is 3. The van der Waals surface area contributed by atoms with Crippen LogP contribution in [0.4, 0.5) is 4.39 Å². The van der Waals surface area contributed by atoms with Crippen molar-refractivity contribution in [3.05, 3.63) is 119 Å². The number of halogens is 1. The van der Waals surface area contributed by atoms with Crippen LogP contribution in [0.3, 0.4) is 0 Å². The van der Waals surface area contributed by atoms with Gasteiger partial charge in [-0.05, 0) is 65.4 Å². The Morgan fingerprint density at radius 3 is 2.58 bits per heavy atom. The molecule has 0 radical (unpaired) electrons. The van der Waals surface area contributed by atoms with Gasteiger partial charge in [-0.25, -0.2) is 4.39 Å². The fourth-order valence-corrected chi connectivity index (χ4v) is 7.11. The third kappa shape index (κ3) is 6.54. The fourth-order valence-electron chi connectivity index (χ4n) is 7.11. The third-order valence-electron chi connectivity index (χ3n) is 9.93. The molecule has 0 spiro atoms. The molecule has 2 aliphatic heterocycles. The van der Waals surface area contributed by atoms with Gasteiger partial charge in [0.1, 0.15) is 17.6 Å². The lowest BCUT2D eigenvalue weighted by atomic mass is 9.96. The first kappa shape index (κ1) is 34.9. The van der Waals surface area contributed by atoms with Gasteiger partial charge in [0.25, 0.3) is 17.7 Å². The lowest BCUT2D eigenvalue weighted by Gasteiger charge is -2.29. The highest BCUT2D eigenvalue weighted by molar-refractivity contribution is 6.09. The Morgan fingerprint density at radius 1 is 0.945 bits per heavy atom. The van der Waals surface area contributed by atoms with E-state index in [0.29, 0.717) is 56.4 Å². The van der Waals surface area contributed by atoms with Crippen molar-refractivity contribution in [3.63, 3.8) is 0 Å². The standard InChI is InChI=1S/C42H32FN7O5/c1-44-39(52)31-21-48-36-18-33(43)28(17-29(31)36)26-9-5-8-24-16-35(47-20-30(24)26)25-11-12-34(46-19-25)40(53)45-15-3-2-6-23-7-4-10-27-32(23)22-50(42(27)55)37-13-14-38(51)49-41(37)54/h4-5,7-12,16-21,37,48H,3,13-15,22H2,1H3,(H,44,52)(H,45,53)(H,49,51,54). The Kier molecular flexibility index (Phi) is 9.08. The van der Waals surface area contributed by atoms with E-state index in [1.54, 1.807) is 56.0 Å². The predicted octanol–water partition coefficient (Wildman–Crippen LogP) is 4.88. The lowest BCUT2D eigenvalue weighted by molar-refractivity contribution is -0.136. The van der Waals surface area contributed by atoms with Crippen LogP contribution in [0.2, 0.25) is 0 Å². The molecule has 12 nitrogen and oxygen atoms in total. The maximum Gasteiger partial charge on any atom is 0.269 e. The summed E-state index contributed by atoms with van der Waals surface area (Å²) in [7, 11) is 1.54. The Morgan fingerprint density at radius 2 is 1.78 bits per heavy atom. The largest absolute Gasteiger partial charge is 0.360 e. The smallest absolute Gasteiger partial charge is 0.269 e. The van der Waals surface area contributed by atoms with Crippen LogP contribution in [0.25, 0.3) is 44.1 Å². The molecule has 13 heteroatoms. The number of piperidine rings is 1. The molecule has 2 aliphatic rings. The molecule has 5 heterocycles. The first-order chi connectivity index (χ1) is 26.7. The number of carbonyl (C=O) groups excluding carboxylic acids is 5. The average molecular weight is 734 g/mol. The summed E-state index contributed by atoms with van der Waals surface area (Å²) >= 11 is 0. The van der Waals surface area contributed by atoms with Crippen LogP contribution < -0.4 is 16.0 Å². The molecule has 0 bridgehead atoms. The zero-order valence-electron chi connectivity index (χ0n) is 29.5. The molecule has 5 amide bonds. The summed E-state index contributed by atoms with van der Waals surface area (Å²) in [5.41, 5.74) is 5.35. The molecular weight excluding hydrogens is 702 g/mol. The second-order valence-corrected chi connectivity index (χ2v) is 13.2. The first-order valence-corrected chi connectivity index (χ1v) is 17.6. The number of imide groups is 1. The number of hydrogen-bond donors (Lipinski definition) is 4. The second kappa shape index (κ2) is 14.3. The summed E-state index contributed by atoms with van der Waals surface area (Å²) in [5, 5.41) is 9.91. The number of nitrogens with one attached hydrogen (secondary N) is 4. The average Bonchev–Trinajstić information content (AvgIpc) is 3.77. The summed E-state index contributed by atoms with van der Waals surface area (Å²) in [6.45, 7) is 0.498. The molecule has 55 heavy (non-hydrogen) atoms. The number of rotatable bonds is 7. The number of pyridine rings is 2. The fraction of sp³-hybridized carbons (Fsp3) is 0.167. The van der Waals surface area contributed by atoms with E-state index in [9.17, 15) is 24.0 Å². The Labute approximate surface area is 313 Å². The van der Waals surface area contributed by atoms with E-state index < -0.39 is 17.8 Å². The normalized spacial score (nSPS) is 15.1.